The summed E-state index contributed by atoms with van der Waals surface area (Å²) in [6, 6.07) is 10.1. The smallest absolute Gasteiger partial charge is 0.269 e. The van der Waals surface area contributed by atoms with E-state index in [1.165, 1.54) is 24.3 Å². The fourth-order valence-corrected chi connectivity index (χ4v) is 1.87. The molecule has 0 heterocycles. The summed E-state index contributed by atoms with van der Waals surface area (Å²) in [4.78, 5) is 11.9. The lowest BCUT2D eigenvalue weighted by atomic mass is 10.1. The number of benzene rings is 2. The molecule has 0 bridgehead atoms. The Labute approximate surface area is 137 Å². The van der Waals surface area contributed by atoms with Crippen LogP contribution in [0.25, 0.3) is 0 Å². The molecule has 0 saturated carbocycles. The minimum Gasteiger partial charge on any atom is -0.357 e. The topological polar surface area (TPSA) is 53.2 Å². The second-order valence-electron chi connectivity index (χ2n) is 4.85. The molecule has 0 unspecified atom stereocenters. The predicted octanol–water partition coefficient (Wildman–Crippen LogP) is 2.58. The van der Waals surface area contributed by atoms with E-state index in [2.05, 4.69) is 16.2 Å². The molecular weight excluding hydrogens is 320 g/mol. The number of nitrogens with one attached hydrogen (secondary N) is 3. The van der Waals surface area contributed by atoms with Crippen LogP contribution in [0.4, 0.5) is 8.78 Å². The van der Waals surface area contributed by atoms with Crippen LogP contribution in [0.2, 0.25) is 0 Å². The highest BCUT2D eigenvalue weighted by molar-refractivity contribution is 7.80. The average molecular weight is 335 g/mol. The predicted molar refractivity (Wildman–Crippen MR) is 87.6 cm³/mol. The maximum absolute atomic E-state index is 13.4. The van der Waals surface area contributed by atoms with Gasteiger partial charge in [0, 0.05) is 12.1 Å². The highest BCUT2D eigenvalue weighted by atomic mass is 32.1. The fraction of sp³-hybridized carbons (Fsp3) is 0.125. The van der Waals surface area contributed by atoms with E-state index < -0.39 is 11.7 Å². The van der Waals surface area contributed by atoms with E-state index in [0.717, 1.165) is 11.6 Å². The molecule has 0 radical (unpaired) electrons. The van der Waals surface area contributed by atoms with E-state index in [1.807, 2.05) is 0 Å². The molecule has 120 valence electrons. The van der Waals surface area contributed by atoms with Gasteiger partial charge in [-0.05, 0) is 54.5 Å². The van der Waals surface area contributed by atoms with Crippen LogP contribution < -0.4 is 16.2 Å². The summed E-state index contributed by atoms with van der Waals surface area (Å²) in [7, 11) is 0. The van der Waals surface area contributed by atoms with Gasteiger partial charge >= 0.3 is 0 Å². The lowest BCUT2D eigenvalue weighted by molar-refractivity contribution is 0.0943. The van der Waals surface area contributed by atoms with Crippen LogP contribution in [0.3, 0.4) is 0 Å². The highest BCUT2D eigenvalue weighted by Gasteiger charge is 2.08. The number of hydrazine groups is 1. The highest BCUT2D eigenvalue weighted by Crippen LogP contribution is 2.08. The van der Waals surface area contributed by atoms with E-state index >= 15 is 0 Å². The largest absolute Gasteiger partial charge is 0.357 e. The van der Waals surface area contributed by atoms with Crippen molar-refractivity contribution in [3.05, 3.63) is 70.8 Å². The SMILES string of the molecule is Cc1ccc(C(=O)NNC(=S)NCc2ccc(F)cc2)cc1F. The van der Waals surface area contributed by atoms with Gasteiger partial charge in [-0.2, -0.15) is 0 Å². The van der Waals surface area contributed by atoms with Crippen LogP contribution in [0.1, 0.15) is 21.5 Å². The molecule has 1 amide bonds. The van der Waals surface area contributed by atoms with E-state index in [-0.39, 0.29) is 16.5 Å². The summed E-state index contributed by atoms with van der Waals surface area (Å²) in [6.07, 6.45) is 0. The van der Waals surface area contributed by atoms with Crippen LogP contribution in [-0.2, 0) is 6.54 Å². The molecule has 7 heteroatoms. The second kappa shape index (κ2) is 7.64. The second-order valence-corrected chi connectivity index (χ2v) is 5.26. The number of thiocarbonyl (C=S) groups is 1. The number of amides is 1. The van der Waals surface area contributed by atoms with Gasteiger partial charge in [0.2, 0.25) is 0 Å². The Morgan fingerprint density at radius 1 is 1.09 bits per heavy atom. The van der Waals surface area contributed by atoms with Crippen molar-refractivity contribution in [3.8, 4) is 0 Å². The first-order valence-electron chi connectivity index (χ1n) is 6.80. The maximum Gasteiger partial charge on any atom is 0.269 e. The van der Waals surface area contributed by atoms with Crippen molar-refractivity contribution in [2.45, 2.75) is 13.5 Å². The van der Waals surface area contributed by atoms with Crippen molar-refractivity contribution in [1.29, 1.82) is 0 Å². The molecule has 0 aliphatic rings. The Morgan fingerprint density at radius 3 is 2.43 bits per heavy atom. The molecule has 4 nitrogen and oxygen atoms in total. The summed E-state index contributed by atoms with van der Waals surface area (Å²) in [5.74, 6) is -1.27. The molecule has 0 saturated heterocycles. The zero-order valence-electron chi connectivity index (χ0n) is 12.3. The Morgan fingerprint density at radius 2 is 1.78 bits per heavy atom. The van der Waals surface area contributed by atoms with Crippen LogP contribution in [0.5, 0.6) is 0 Å². The maximum atomic E-state index is 13.4. The first-order valence-corrected chi connectivity index (χ1v) is 7.21. The van der Waals surface area contributed by atoms with Gasteiger partial charge in [0.1, 0.15) is 11.6 Å². The minimum atomic E-state index is -0.505. The first kappa shape index (κ1) is 16.8. The van der Waals surface area contributed by atoms with Crippen LogP contribution in [0.15, 0.2) is 42.5 Å². The van der Waals surface area contributed by atoms with Crippen molar-refractivity contribution >= 4 is 23.2 Å². The van der Waals surface area contributed by atoms with Crippen molar-refractivity contribution < 1.29 is 13.6 Å². The number of halogens is 2. The number of hydrogen-bond acceptors (Lipinski definition) is 2. The average Bonchev–Trinajstić information content (AvgIpc) is 2.54. The van der Waals surface area contributed by atoms with Crippen LogP contribution >= 0.6 is 12.2 Å². The third-order valence-corrected chi connectivity index (χ3v) is 3.34. The summed E-state index contributed by atoms with van der Waals surface area (Å²) < 4.78 is 26.2. The van der Waals surface area contributed by atoms with Crippen LogP contribution in [0, 0.1) is 18.6 Å². The first-order chi connectivity index (χ1) is 11.0. The third-order valence-electron chi connectivity index (χ3n) is 3.09. The van der Waals surface area contributed by atoms with E-state index in [9.17, 15) is 13.6 Å². The summed E-state index contributed by atoms with van der Waals surface area (Å²) in [6.45, 7) is 1.99. The van der Waals surface area contributed by atoms with E-state index in [4.69, 9.17) is 12.2 Å². The molecule has 0 aliphatic heterocycles. The molecule has 0 aliphatic carbocycles. The molecular formula is C16H15F2N3OS. The van der Waals surface area contributed by atoms with Crippen molar-refractivity contribution in [3.63, 3.8) is 0 Å². The Kier molecular flexibility index (Phi) is 5.59. The summed E-state index contributed by atoms with van der Waals surface area (Å²) in [5, 5.41) is 3.04. The van der Waals surface area contributed by atoms with E-state index in [0.29, 0.717) is 12.1 Å². The van der Waals surface area contributed by atoms with Gasteiger partial charge in [0.05, 0.1) is 0 Å². The third kappa shape index (κ3) is 5.00. The van der Waals surface area contributed by atoms with Gasteiger partial charge < -0.3 is 5.32 Å². The normalized spacial score (nSPS) is 10.0. The Bertz CT molecular complexity index is 720. The number of rotatable bonds is 3. The number of carbonyl (C=O) groups excluding carboxylic acids is 1. The van der Waals surface area contributed by atoms with Gasteiger partial charge in [0.25, 0.3) is 5.91 Å². The summed E-state index contributed by atoms with van der Waals surface area (Å²) in [5.41, 5.74) is 6.37. The monoisotopic (exact) mass is 335 g/mol. The zero-order valence-corrected chi connectivity index (χ0v) is 13.1. The van der Waals surface area contributed by atoms with Crippen LogP contribution in [-0.4, -0.2) is 11.0 Å². The minimum absolute atomic E-state index is 0.182. The van der Waals surface area contributed by atoms with Crippen molar-refractivity contribution in [2.75, 3.05) is 0 Å². The lowest BCUT2D eigenvalue weighted by Gasteiger charge is -2.12. The van der Waals surface area contributed by atoms with Crippen molar-refractivity contribution in [2.24, 2.45) is 0 Å². The molecule has 2 aromatic carbocycles. The number of hydrogen-bond donors (Lipinski definition) is 3. The molecule has 0 atom stereocenters. The molecule has 0 fully saturated rings. The Hall–Kier alpha value is -2.54. The molecule has 2 aromatic rings. The zero-order chi connectivity index (χ0) is 16.8. The van der Waals surface area contributed by atoms with Gasteiger partial charge in [-0.1, -0.05) is 18.2 Å². The lowest BCUT2D eigenvalue weighted by Crippen LogP contribution is -2.46. The van der Waals surface area contributed by atoms with Gasteiger partial charge in [-0.3, -0.25) is 15.6 Å². The van der Waals surface area contributed by atoms with Gasteiger partial charge in [0.15, 0.2) is 5.11 Å². The number of aryl methyl sites for hydroxylation is 1. The standard InChI is InChI=1S/C16H15F2N3OS/c1-10-2-5-12(8-14(10)18)15(22)20-21-16(23)19-9-11-3-6-13(17)7-4-11/h2-8H,9H2,1H3,(H,20,22)(H2,19,21,23). The molecule has 0 spiro atoms. The van der Waals surface area contributed by atoms with Crippen molar-refractivity contribution in [1.82, 2.24) is 16.2 Å². The molecule has 23 heavy (non-hydrogen) atoms. The quantitative estimate of drug-likeness (QED) is 0.596. The molecule has 3 N–H and O–H groups in total. The Balaban J connectivity index is 1.80. The van der Waals surface area contributed by atoms with E-state index in [1.54, 1.807) is 19.1 Å². The fourth-order valence-electron chi connectivity index (χ4n) is 1.75. The molecule has 0 aromatic heterocycles. The summed E-state index contributed by atoms with van der Waals surface area (Å²) >= 11 is 5.01. The van der Waals surface area contributed by atoms with Gasteiger partial charge in [-0.15, -0.1) is 0 Å². The van der Waals surface area contributed by atoms with Gasteiger partial charge in [-0.25, -0.2) is 8.78 Å². The molecule has 2 rings (SSSR count). The number of carbonyl (C=O) groups is 1.